The molecule has 4 nitrogen and oxygen atoms in total. The third-order valence-corrected chi connectivity index (χ3v) is 2.44. The van der Waals surface area contributed by atoms with E-state index in [0.29, 0.717) is 11.3 Å². The molecule has 0 aliphatic rings. The van der Waals surface area contributed by atoms with Crippen LogP contribution >= 0.6 is 0 Å². The van der Waals surface area contributed by atoms with Gasteiger partial charge >= 0.3 is 0 Å². The molecule has 5 heteroatoms. The van der Waals surface area contributed by atoms with Crippen molar-refractivity contribution in [3.8, 4) is 0 Å². The van der Waals surface area contributed by atoms with Crippen LogP contribution in [0.15, 0.2) is 24.7 Å². The van der Waals surface area contributed by atoms with E-state index in [1.54, 1.807) is 24.9 Å². The second kappa shape index (κ2) is 4.02. The van der Waals surface area contributed by atoms with Crippen LogP contribution < -0.4 is 0 Å². The highest BCUT2D eigenvalue weighted by molar-refractivity contribution is 5.30. The van der Waals surface area contributed by atoms with Crippen molar-refractivity contribution in [3.63, 3.8) is 0 Å². The number of aliphatic hydroxyl groups is 1. The number of halogens is 1. The maximum atomic E-state index is 13.4. The van der Waals surface area contributed by atoms with Gasteiger partial charge in [-0.1, -0.05) is 0 Å². The lowest BCUT2D eigenvalue weighted by atomic mass is 10.0. The molecule has 2 aromatic rings. The normalized spacial score (nSPS) is 12.8. The first-order chi connectivity index (χ1) is 7.59. The molecule has 2 rings (SSSR count). The van der Waals surface area contributed by atoms with Crippen molar-refractivity contribution in [3.05, 3.63) is 47.3 Å². The number of aryl methyl sites for hydroxylation is 2. The molecule has 0 aliphatic heterocycles. The summed E-state index contributed by atoms with van der Waals surface area (Å²) in [6, 6.07) is 1.46. The van der Waals surface area contributed by atoms with Gasteiger partial charge in [0.1, 0.15) is 11.9 Å². The number of hydrogen-bond donors (Lipinski definition) is 1. The Morgan fingerprint density at radius 2 is 2.19 bits per heavy atom. The van der Waals surface area contributed by atoms with Crippen molar-refractivity contribution >= 4 is 0 Å². The van der Waals surface area contributed by atoms with Gasteiger partial charge in [0.2, 0.25) is 0 Å². The van der Waals surface area contributed by atoms with Crippen molar-refractivity contribution in [1.29, 1.82) is 0 Å². The van der Waals surface area contributed by atoms with Gasteiger partial charge in [-0.25, -0.2) is 4.39 Å². The number of nitrogens with zero attached hydrogens (tertiary/aromatic N) is 3. The molecule has 0 aromatic carbocycles. The number of aromatic nitrogens is 3. The van der Waals surface area contributed by atoms with Gasteiger partial charge in [0, 0.05) is 30.6 Å². The largest absolute Gasteiger partial charge is 0.383 e. The first-order valence-electron chi connectivity index (χ1n) is 4.87. The molecule has 0 fully saturated rings. The summed E-state index contributed by atoms with van der Waals surface area (Å²) in [4.78, 5) is 3.64. The van der Waals surface area contributed by atoms with Crippen molar-refractivity contribution in [1.82, 2.24) is 14.8 Å². The minimum Gasteiger partial charge on any atom is -0.383 e. The lowest BCUT2D eigenvalue weighted by molar-refractivity contribution is 0.214. The minimum absolute atomic E-state index is 0.214. The summed E-state index contributed by atoms with van der Waals surface area (Å²) in [5.74, 6) is -0.516. The Morgan fingerprint density at radius 3 is 2.75 bits per heavy atom. The monoisotopic (exact) mass is 221 g/mol. The summed E-state index contributed by atoms with van der Waals surface area (Å²) in [6.07, 6.45) is 3.22. The SMILES string of the molecule is Cc1nn(C)cc1C(O)c1ccncc1F. The van der Waals surface area contributed by atoms with Gasteiger partial charge in [0.15, 0.2) is 0 Å². The summed E-state index contributed by atoms with van der Waals surface area (Å²) in [5, 5.41) is 14.2. The van der Waals surface area contributed by atoms with Crippen LogP contribution in [0.4, 0.5) is 4.39 Å². The molecule has 0 bridgehead atoms. The lowest BCUT2D eigenvalue weighted by Crippen LogP contribution is -2.03. The van der Waals surface area contributed by atoms with Crippen LogP contribution in [-0.2, 0) is 7.05 Å². The van der Waals surface area contributed by atoms with Gasteiger partial charge in [-0.05, 0) is 13.0 Å². The maximum absolute atomic E-state index is 13.4. The third kappa shape index (κ3) is 1.81. The van der Waals surface area contributed by atoms with Crippen LogP contribution in [0.5, 0.6) is 0 Å². The molecule has 84 valence electrons. The molecule has 0 saturated carbocycles. The van der Waals surface area contributed by atoms with E-state index in [2.05, 4.69) is 10.1 Å². The fourth-order valence-corrected chi connectivity index (χ4v) is 1.66. The van der Waals surface area contributed by atoms with Crippen molar-refractivity contribution in [2.75, 3.05) is 0 Å². The van der Waals surface area contributed by atoms with Gasteiger partial charge in [-0.15, -0.1) is 0 Å². The molecule has 0 saturated heterocycles. The molecular formula is C11H12FN3O. The van der Waals surface area contributed by atoms with E-state index >= 15 is 0 Å². The topological polar surface area (TPSA) is 50.9 Å². The van der Waals surface area contributed by atoms with E-state index in [-0.39, 0.29) is 5.56 Å². The predicted molar refractivity (Wildman–Crippen MR) is 56.2 cm³/mol. The lowest BCUT2D eigenvalue weighted by Gasteiger charge is -2.10. The summed E-state index contributed by atoms with van der Waals surface area (Å²) in [5.41, 5.74) is 1.50. The van der Waals surface area contributed by atoms with E-state index < -0.39 is 11.9 Å². The highest BCUT2D eigenvalue weighted by Gasteiger charge is 2.18. The molecule has 16 heavy (non-hydrogen) atoms. The Balaban J connectivity index is 2.43. The molecule has 0 amide bonds. The molecule has 2 heterocycles. The summed E-state index contributed by atoms with van der Waals surface area (Å²) in [7, 11) is 1.76. The van der Waals surface area contributed by atoms with E-state index in [1.807, 2.05) is 0 Å². The number of hydrogen-bond acceptors (Lipinski definition) is 3. The molecule has 1 N–H and O–H groups in total. The fraction of sp³-hybridized carbons (Fsp3) is 0.273. The Bertz CT molecular complexity index is 510. The first kappa shape index (κ1) is 10.8. The second-order valence-electron chi connectivity index (χ2n) is 3.64. The molecule has 2 aromatic heterocycles. The van der Waals surface area contributed by atoms with Crippen LogP contribution in [-0.4, -0.2) is 19.9 Å². The average molecular weight is 221 g/mol. The molecule has 0 radical (unpaired) electrons. The Hall–Kier alpha value is -1.75. The van der Waals surface area contributed by atoms with E-state index in [0.717, 1.165) is 6.20 Å². The van der Waals surface area contributed by atoms with Crippen LogP contribution in [0.3, 0.4) is 0 Å². The van der Waals surface area contributed by atoms with Crippen LogP contribution in [0, 0.1) is 12.7 Å². The van der Waals surface area contributed by atoms with Crippen molar-refractivity contribution < 1.29 is 9.50 Å². The zero-order chi connectivity index (χ0) is 11.7. The fourth-order valence-electron chi connectivity index (χ4n) is 1.66. The maximum Gasteiger partial charge on any atom is 0.147 e. The summed E-state index contributed by atoms with van der Waals surface area (Å²) in [6.45, 7) is 1.78. The van der Waals surface area contributed by atoms with Gasteiger partial charge < -0.3 is 5.11 Å². The zero-order valence-corrected chi connectivity index (χ0v) is 9.05. The average Bonchev–Trinajstić information content (AvgIpc) is 2.58. The molecular weight excluding hydrogens is 209 g/mol. The van der Waals surface area contributed by atoms with Crippen molar-refractivity contribution in [2.24, 2.45) is 7.05 Å². The highest BCUT2D eigenvalue weighted by atomic mass is 19.1. The summed E-state index contributed by atoms with van der Waals surface area (Å²) >= 11 is 0. The standard InChI is InChI=1S/C11H12FN3O/c1-7-9(6-15(2)14-7)11(16)8-3-4-13-5-10(8)12/h3-6,11,16H,1-2H3. The molecule has 1 atom stereocenters. The Labute approximate surface area is 92.4 Å². The van der Waals surface area contributed by atoms with Crippen LogP contribution in [0.1, 0.15) is 22.9 Å². The third-order valence-electron chi connectivity index (χ3n) is 2.44. The first-order valence-corrected chi connectivity index (χ1v) is 4.87. The van der Waals surface area contributed by atoms with Gasteiger partial charge in [-0.3, -0.25) is 9.67 Å². The Morgan fingerprint density at radius 1 is 1.44 bits per heavy atom. The number of rotatable bonds is 2. The zero-order valence-electron chi connectivity index (χ0n) is 9.05. The van der Waals surface area contributed by atoms with E-state index in [4.69, 9.17) is 0 Å². The summed E-state index contributed by atoms with van der Waals surface area (Å²) < 4.78 is 15.0. The van der Waals surface area contributed by atoms with Crippen LogP contribution in [0.25, 0.3) is 0 Å². The highest BCUT2D eigenvalue weighted by Crippen LogP contribution is 2.25. The second-order valence-corrected chi connectivity index (χ2v) is 3.64. The predicted octanol–water partition coefficient (Wildman–Crippen LogP) is 1.34. The number of pyridine rings is 1. The van der Waals surface area contributed by atoms with E-state index in [1.165, 1.54) is 12.3 Å². The van der Waals surface area contributed by atoms with E-state index in [9.17, 15) is 9.50 Å². The quantitative estimate of drug-likeness (QED) is 0.832. The van der Waals surface area contributed by atoms with Crippen LogP contribution in [0.2, 0.25) is 0 Å². The Kier molecular flexibility index (Phi) is 2.70. The van der Waals surface area contributed by atoms with Gasteiger partial charge in [0.05, 0.1) is 11.9 Å². The van der Waals surface area contributed by atoms with Gasteiger partial charge in [0.25, 0.3) is 0 Å². The molecule has 1 unspecified atom stereocenters. The minimum atomic E-state index is -1.00. The number of aliphatic hydroxyl groups excluding tert-OH is 1. The van der Waals surface area contributed by atoms with Gasteiger partial charge in [-0.2, -0.15) is 5.10 Å². The molecule has 0 aliphatic carbocycles. The molecule has 0 spiro atoms. The van der Waals surface area contributed by atoms with Crippen molar-refractivity contribution in [2.45, 2.75) is 13.0 Å². The smallest absolute Gasteiger partial charge is 0.147 e.